The molecule has 0 unspecified atom stereocenters. The molecule has 10 aromatic carbocycles. The first kappa shape index (κ1) is 81.6. The number of hydrogen-bond acceptors (Lipinski definition) is 8. The second-order valence-corrected chi connectivity index (χ2v) is 27.4. The third-order valence-electron chi connectivity index (χ3n) is 18.6. The molecule has 0 aliphatic carbocycles. The van der Waals surface area contributed by atoms with Gasteiger partial charge >= 0.3 is 0 Å². The standard InChI is InChI=1S/2C50H58O4/c2*1-5-9-33-51-45-25-17-41(18-26-45)49(42-19-27-46(28-20-42)52-34-10-6-2)37-39-13-15-40(16-14-39)38-50(43-21-29-47(30-22-43)53-35-11-7-3)44-23-31-48(32-24-44)54-36-12-8-4/h2*13-32,37-38H,5-12,33-36H2,1-4H3. The molecule has 0 N–H and O–H groups in total. The zero-order chi connectivity index (χ0) is 75.6. The average Bonchev–Trinajstić information content (AvgIpc) is 0.831. The van der Waals surface area contributed by atoms with Crippen molar-refractivity contribution in [3.8, 4) is 46.0 Å². The van der Waals surface area contributed by atoms with Crippen LogP contribution in [0.25, 0.3) is 46.6 Å². The maximum absolute atomic E-state index is 5.97. The van der Waals surface area contributed by atoms with Gasteiger partial charge in [-0.15, -0.1) is 0 Å². The first-order valence-electron chi connectivity index (χ1n) is 40.1. The Balaban J connectivity index is 0.000000249. The normalized spacial score (nSPS) is 10.7. The quantitative estimate of drug-likeness (QED) is 0.0276. The van der Waals surface area contributed by atoms with Gasteiger partial charge in [-0.1, -0.05) is 252 Å². The van der Waals surface area contributed by atoms with Crippen LogP contribution in [0.2, 0.25) is 0 Å². The van der Waals surface area contributed by atoms with Gasteiger partial charge in [0.15, 0.2) is 0 Å². The first-order chi connectivity index (χ1) is 53.2. The summed E-state index contributed by atoms with van der Waals surface area (Å²) >= 11 is 0. The summed E-state index contributed by atoms with van der Waals surface area (Å²) in [5.74, 6) is 7.19. The minimum Gasteiger partial charge on any atom is -0.494 e. The summed E-state index contributed by atoms with van der Waals surface area (Å²) in [7, 11) is 0. The lowest BCUT2D eigenvalue weighted by Gasteiger charge is -2.13. The van der Waals surface area contributed by atoms with Gasteiger partial charge in [-0.05, 0) is 262 Å². The fourth-order valence-corrected chi connectivity index (χ4v) is 11.9. The van der Waals surface area contributed by atoms with Crippen LogP contribution in [0.15, 0.2) is 243 Å². The smallest absolute Gasteiger partial charge is 0.119 e. The maximum Gasteiger partial charge on any atom is 0.119 e. The molecule has 0 amide bonds. The van der Waals surface area contributed by atoms with E-state index in [2.05, 4.69) is 322 Å². The summed E-state index contributed by atoms with van der Waals surface area (Å²) in [5.41, 5.74) is 18.1. The second-order valence-electron chi connectivity index (χ2n) is 27.4. The van der Waals surface area contributed by atoms with Gasteiger partial charge in [-0.25, -0.2) is 0 Å². The molecule has 564 valence electrons. The van der Waals surface area contributed by atoms with Crippen LogP contribution in [0, 0.1) is 0 Å². The summed E-state index contributed by atoms with van der Waals surface area (Å²) in [4.78, 5) is 0. The Bertz CT molecular complexity index is 3480. The zero-order valence-electron chi connectivity index (χ0n) is 65.6. The van der Waals surface area contributed by atoms with E-state index in [0.717, 1.165) is 291 Å². The maximum atomic E-state index is 5.97. The molecule has 0 heterocycles. The van der Waals surface area contributed by atoms with E-state index in [4.69, 9.17) is 37.9 Å². The number of benzene rings is 10. The van der Waals surface area contributed by atoms with E-state index in [1.165, 1.54) is 0 Å². The molecule has 10 aromatic rings. The molecule has 0 spiro atoms. The number of rotatable bonds is 44. The SMILES string of the molecule is CCCCOc1ccc(C(=Cc2ccc(C=C(c3ccc(OCCCC)cc3)c3ccc(OCCCC)cc3)cc2)c2ccc(OCCCC)cc2)cc1.CCCCOc1ccc(C(=Cc2ccc(C=C(c3ccc(OCCCC)cc3)c3ccc(OCCCC)cc3)cc2)c2ccc(OCCCC)cc2)cc1. The lowest BCUT2D eigenvalue weighted by molar-refractivity contribution is 0.309. The highest BCUT2D eigenvalue weighted by atomic mass is 16.5. The van der Waals surface area contributed by atoms with Gasteiger partial charge in [0.25, 0.3) is 0 Å². The van der Waals surface area contributed by atoms with Crippen molar-refractivity contribution in [3.05, 3.63) is 309 Å². The predicted octanol–water partition coefficient (Wildman–Crippen LogP) is 27.2. The van der Waals surface area contributed by atoms with Gasteiger partial charge in [0.2, 0.25) is 0 Å². The molecule has 8 nitrogen and oxygen atoms in total. The van der Waals surface area contributed by atoms with Crippen molar-refractivity contribution in [1.82, 2.24) is 0 Å². The van der Waals surface area contributed by atoms with Crippen LogP contribution < -0.4 is 37.9 Å². The van der Waals surface area contributed by atoms with Crippen LogP contribution in [0.4, 0.5) is 0 Å². The average molecular weight is 1450 g/mol. The summed E-state index contributed by atoms with van der Waals surface area (Å²) in [6, 6.07) is 85.2. The molecule has 108 heavy (non-hydrogen) atoms. The molecule has 0 atom stereocenters. The molecular weight excluding hydrogens is 1330 g/mol. The lowest BCUT2D eigenvalue weighted by atomic mass is 9.94. The molecule has 0 saturated heterocycles. The highest BCUT2D eigenvalue weighted by Gasteiger charge is 2.14. The monoisotopic (exact) mass is 1440 g/mol. The molecular formula is C100H116O8. The third-order valence-corrected chi connectivity index (χ3v) is 18.6. The van der Waals surface area contributed by atoms with E-state index in [0.29, 0.717) is 0 Å². The van der Waals surface area contributed by atoms with Gasteiger partial charge in [0, 0.05) is 0 Å². The van der Waals surface area contributed by atoms with Gasteiger partial charge in [0.1, 0.15) is 46.0 Å². The van der Waals surface area contributed by atoms with Crippen LogP contribution in [0.3, 0.4) is 0 Å². The predicted molar refractivity (Wildman–Crippen MR) is 456 cm³/mol. The van der Waals surface area contributed by atoms with E-state index in [9.17, 15) is 0 Å². The van der Waals surface area contributed by atoms with Gasteiger partial charge < -0.3 is 37.9 Å². The fourth-order valence-electron chi connectivity index (χ4n) is 11.9. The number of unbranched alkanes of at least 4 members (excludes halogenated alkanes) is 8. The summed E-state index contributed by atoms with van der Waals surface area (Å²) < 4.78 is 47.8. The third kappa shape index (κ3) is 27.1. The highest BCUT2D eigenvalue weighted by molar-refractivity contribution is 5.95. The zero-order valence-corrected chi connectivity index (χ0v) is 65.6. The van der Waals surface area contributed by atoms with E-state index >= 15 is 0 Å². The van der Waals surface area contributed by atoms with Crippen LogP contribution in [0.5, 0.6) is 46.0 Å². The Morgan fingerprint density at radius 1 is 0.167 bits per heavy atom. The molecule has 0 aliphatic heterocycles. The Morgan fingerprint density at radius 2 is 0.278 bits per heavy atom. The van der Waals surface area contributed by atoms with E-state index in [1.54, 1.807) is 0 Å². The van der Waals surface area contributed by atoms with E-state index in [-0.39, 0.29) is 0 Å². The van der Waals surface area contributed by atoms with Crippen LogP contribution in [-0.2, 0) is 0 Å². The molecule has 0 fully saturated rings. The minimum atomic E-state index is 0.734. The number of ether oxygens (including phenoxy) is 8. The highest BCUT2D eigenvalue weighted by Crippen LogP contribution is 2.36. The van der Waals surface area contributed by atoms with E-state index < -0.39 is 0 Å². The number of hydrogen-bond donors (Lipinski definition) is 0. The fraction of sp³-hybridized carbons (Fsp3) is 0.320. The van der Waals surface area contributed by atoms with Crippen molar-refractivity contribution >= 4 is 46.6 Å². The van der Waals surface area contributed by atoms with Gasteiger partial charge in [-0.3, -0.25) is 0 Å². The topological polar surface area (TPSA) is 73.8 Å². The van der Waals surface area contributed by atoms with Crippen molar-refractivity contribution in [3.63, 3.8) is 0 Å². The van der Waals surface area contributed by atoms with Gasteiger partial charge in [0.05, 0.1) is 52.9 Å². The summed E-state index contributed by atoms with van der Waals surface area (Å²) in [5, 5.41) is 0. The molecule has 0 saturated carbocycles. The molecule has 10 rings (SSSR count). The summed E-state index contributed by atoms with van der Waals surface area (Å²) in [6.07, 6.45) is 26.4. The molecule has 0 aromatic heterocycles. The largest absolute Gasteiger partial charge is 0.494 e. The van der Waals surface area contributed by atoms with Crippen LogP contribution in [0.1, 0.15) is 225 Å². The molecule has 0 radical (unpaired) electrons. The van der Waals surface area contributed by atoms with Crippen molar-refractivity contribution in [2.24, 2.45) is 0 Å². The Labute approximate surface area is 647 Å². The molecule has 0 aliphatic rings. The van der Waals surface area contributed by atoms with E-state index in [1.807, 2.05) is 0 Å². The van der Waals surface area contributed by atoms with Crippen LogP contribution >= 0.6 is 0 Å². The Kier molecular flexibility index (Phi) is 35.2. The lowest BCUT2D eigenvalue weighted by Crippen LogP contribution is -1.97. The second kappa shape index (κ2) is 46.6. The first-order valence-corrected chi connectivity index (χ1v) is 40.1. The van der Waals surface area contributed by atoms with Crippen molar-refractivity contribution in [2.75, 3.05) is 52.9 Å². The minimum absolute atomic E-state index is 0.734. The Morgan fingerprint density at radius 3 is 0.380 bits per heavy atom. The van der Waals surface area contributed by atoms with Crippen molar-refractivity contribution in [2.45, 2.75) is 158 Å². The Hall–Kier alpha value is -10.4. The van der Waals surface area contributed by atoms with Crippen molar-refractivity contribution in [1.29, 1.82) is 0 Å². The molecule has 8 heteroatoms. The van der Waals surface area contributed by atoms with Crippen molar-refractivity contribution < 1.29 is 37.9 Å². The summed E-state index contributed by atoms with van der Waals surface area (Å²) in [6.45, 7) is 23.3. The molecule has 0 bridgehead atoms. The van der Waals surface area contributed by atoms with Crippen LogP contribution in [-0.4, -0.2) is 52.9 Å². The van der Waals surface area contributed by atoms with Gasteiger partial charge in [-0.2, -0.15) is 0 Å².